The summed E-state index contributed by atoms with van der Waals surface area (Å²) in [5.74, 6) is 0.243. The third-order valence-corrected chi connectivity index (χ3v) is 2.90. The molecule has 2 aromatic rings. The molecule has 2 rings (SSSR count). The quantitative estimate of drug-likeness (QED) is 0.781. The van der Waals surface area contributed by atoms with Crippen LogP contribution in [-0.4, -0.2) is 35.2 Å². The van der Waals surface area contributed by atoms with E-state index in [-0.39, 0.29) is 18.1 Å². The number of aromatic nitrogens is 2. The number of hydrogen-bond donors (Lipinski definition) is 2. The van der Waals surface area contributed by atoms with E-state index >= 15 is 0 Å². The number of methoxy groups -OCH3 is 1. The molecule has 8 heteroatoms. The zero-order valence-corrected chi connectivity index (χ0v) is 12.0. The fraction of sp³-hybridized carbons (Fsp3) is 0.357. The number of aliphatic hydroxyl groups is 1. The highest BCUT2D eigenvalue weighted by Gasteiger charge is 2.11. The molecule has 0 aliphatic carbocycles. The van der Waals surface area contributed by atoms with Gasteiger partial charge < -0.3 is 19.9 Å². The van der Waals surface area contributed by atoms with Gasteiger partial charge in [0, 0.05) is 12.7 Å². The Morgan fingerprint density at radius 1 is 1.36 bits per heavy atom. The average Bonchev–Trinajstić information content (AvgIpc) is 2.94. The van der Waals surface area contributed by atoms with Gasteiger partial charge in [-0.2, -0.15) is 13.9 Å². The number of hydrogen-bond acceptors (Lipinski definition) is 5. The summed E-state index contributed by atoms with van der Waals surface area (Å²) < 4.78 is 35.5. The van der Waals surface area contributed by atoms with Crippen molar-refractivity contribution < 1.29 is 23.4 Å². The van der Waals surface area contributed by atoms with Gasteiger partial charge in [0.25, 0.3) is 0 Å². The fourth-order valence-electron chi connectivity index (χ4n) is 1.90. The molecule has 22 heavy (non-hydrogen) atoms. The molecule has 1 heterocycles. The van der Waals surface area contributed by atoms with Gasteiger partial charge in [-0.15, -0.1) is 0 Å². The normalized spacial score (nSPS) is 10.8. The van der Waals surface area contributed by atoms with E-state index in [9.17, 15) is 8.78 Å². The minimum Gasteiger partial charge on any atom is -0.493 e. The minimum absolute atomic E-state index is 0.00276. The maximum atomic E-state index is 12.3. The molecule has 0 fully saturated rings. The Labute approximate surface area is 126 Å². The lowest BCUT2D eigenvalue weighted by atomic mass is 10.2. The third kappa shape index (κ3) is 4.32. The number of alkyl halides is 2. The van der Waals surface area contributed by atoms with Crippen molar-refractivity contribution in [3.8, 4) is 11.5 Å². The minimum atomic E-state index is -2.89. The predicted octanol–water partition coefficient (Wildman–Crippen LogP) is 2.10. The van der Waals surface area contributed by atoms with Crippen LogP contribution in [0.2, 0.25) is 0 Å². The largest absolute Gasteiger partial charge is 0.493 e. The second kappa shape index (κ2) is 7.60. The SMILES string of the molecule is COc1cc(CNc2cnn(CCO)c2)ccc1OC(F)F. The molecule has 1 aromatic carbocycles. The second-order valence-electron chi connectivity index (χ2n) is 4.43. The Morgan fingerprint density at radius 2 is 2.18 bits per heavy atom. The van der Waals surface area contributed by atoms with Crippen LogP contribution in [-0.2, 0) is 13.1 Å². The molecule has 0 saturated carbocycles. The molecule has 0 amide bonds. The number of benzene rings is 1. The van der Waals surface area contributed by atoms with E-state index in [4.69, 9.17) is 9.84 Å². The van der Waals surface area contributed by atoms with Gasteiger partial charge in [0.15, 0.2) is 11.5 Å². The number of halogens is 2. The van der Waals surface area contributed by atoms with Crippen LogP contribution in [0.25, 0.3) is 0 Å². The summed E-state index contributed by atoms with van der Waals surface area (Å²) in [4.78, 5) is 0. The smallest absolute Gasteiger partial charge is 0.387 e. The maximum absolute atomic E-state index is 12.3. The summed E-state index contributed by atoms with van der Waals surface area (Å²) in [7, 11) is 1.39. The summed E-state index contributed by atoms with van der Waals surface area (Å²) in [6.45, 7) is -1.98. The molecule has 2 N–H and O–H groups in total. The Balaban J connectivity index is 2.00. The molecule has 0 aliphatic rings. The van der Waals surface area contributed by atoms with E-state index in [1.54, 1.807) is 29.2 Å². The summed E-state index contributed by atoms with van der Waals surface area (Å²) in [6, 6.07) is 4.74. The van der Waals surface area contributed by atoms with Gasteiger partial charge in [-0.05, 0) is 17.7 Å². The first-order valence-corrected chi connectivity index (χ1v) is 6.61. The van der Waals surface area contributed by atoms with Crippen molar-refractivity contribution in [1.82, 2.24) is 9.78 Å². The first-order valence-electron chi connectivity index (χ1n) is 6.61. The molecule has 120 valence electrons. The zero-order valence-electron chi connectivity index (χ0n) is 12.0. The average molecular weight is 313 g/mol. The number of nitrogens with one attached hydrogen (secondary N) is 1. The van der Waals surface area contributed by atoms with Gasteiger partial charge in [0.05, 0.1) is 32.1 Å². The van der Waals surface area contributed by atoms with Gasteiger partial charge in [-0.3, -0.25) is 4.68 Å². The summed E-state index contributed by atoms with van der Waals surface area (Å²) in [5, 5.41) is 16.0. The highest BCUT2D eigenvalue weighted by atomic mass is 19.3. The third-order valence-electron chi connectivity index (χ3n) is 2.90. The van der Waals surface area contributed by atoms with Crippen LogP contribution < -0.4 is 14.8 Å². The Hall–Kier alpha value is -2.35. The molecule has 0 spiro atoms. The van der Waals surface area contributed by atoms with Crippen LogP contribution >= 0.6 is 0 Å². The van der Waals surface area contributed by atoms with E-state index in [2.05, 4.69) is 15.2 Å². The van der Waals surface area contributed by atoms with Crippen molar-refractivity contribution in [3.63, 3.8) is 0 Å². The van der Waals surface area contributed by atoms with Gasteiger partial charge >= 0.3 is 6.61 Å². The van der Waals surface area contributed by atoms with E-state index < -0.39 is 6.61 Å². The second-order valence-corrected chi connectivity index (χ2v) is 4.43. The van der Waals surface area contributed by atoms with E-state index in [0.717, 1.165) is 11.3 Å². The fourth-order valence-corrected chi connectivity index (χ4v) is 1.90. The van der Waals surface area contributed by atoms with E-state index in [1.807, 2.05) is 0 Å². The van der Waals surface area contributed by atoms with Crippen molar-refractivity contribution >= 4 is 5.69 Å². The summed E-state index contributed by atoms with van der Waals surface area (Å²) in [5.41, 5.74) is 1.63. The highest BCUT2D eigenvalue weighted by Crippen LogP contribution is 2.29. The molecule has 0 unspecified atom stereocenters. The molecular formula is C14H17F2N3O3. The lowest BCUT2D eigenvalue weighted by Crippen LogP contribution is -2.05. The van der Waals surface area contributed by atoms with Crippen molar-refractivity contribution in [1.29, 1.82) is 0 Å². The standard InChI is InChI=1S/C14H17F2N3O3/c1-21-13-6-10(2-3-12(13)22-14(15)16)7-17-11-8-18-19(9-11)4-5-20/h2-3,6,8-9,14,17,20H,4-5,7H2,1H3. The van der Waals surface area contributed by atoms with Gasteiger partial charge in [0.2, 0.25) is 0 Å². The van der Waals surface area contributed by atoms with Crippen molar-refractivity contribution in [3.05, 3.63) is 36.2 Å². The highest BCUT2D eigenvalue weighted by molar-refractivity contribution is 5.45. The summed E-state index contributed by atoms with van der Waals surface area (Å²) >= 11 is 0. The molecule has 0 saturated heterocycles. The van der Waals surface area contributed by atoms with Crippen molar-refractivity contribution in [2.75, 3.05) is 19.0 Å². The Kier molecular flexibility index (Phi) is 5.54. The molecule has 0 radical (unpaired) electrons. The Bertz CT molecular complexity index is 605. The molecule has 0 atom stereocenters. The van der Waals surface area contributed by atoms with E-state index in [1.165, 1.54) is 13.2 Å². The Morgan fingerprint density at radius 3 is 2.86 bits per heavy atom. The number of aliphatic hydroxyl groups excluding tert-OH is 1. The van der Waals surface area contributed by atoms with Crippen molar-refractivity contribution in [2.24, 2.45) is 0 Å². The van der Waals surface area contributed by atoms with Crippen molar-refractivity contribution in [2.45, 2.75) is 19.7 Å². The van der Waals surface area contributed by atoms with Gasteiger partial charge in [0.1, 0.15) is 0 Å². The monoisotopic (exact) mass is 313 g/mol. The van der Waals surface area contributed by atoms with Crippen LogP contribution in [0.3, 0.4) is 0 Å². The van der Waals surface area contributed by atoms with Gasteiger partial charge in [-0.1, -0.05) is 6.07 Å². The van der Waals surface area contributed by atoms with Crippen LogP contribution in [0.15, 0.2) is 30.6 Å². The molecule has 0 aliphatic heterocycles. The van der Waals surface area contributed by atoms with E-state index in [0.29, 0.717) is 13.1 Å². The molecule has 6 nitrogen and oxygen atoms in total. The van der Waals surface area contributed by atoms with Crippen LogP contribution in [0.4, 0.5) is 14.5 Å². The van der Waals surface area contributed by atoms with Crippen LogP contribution in [0.5, 0.6) is 11.5 Å². The summed E-state index contributed by atoms with van der Waals surface area (Å²) in [6.07, 6.45) is 3.41. The number of anilines is 1. The lowest BCUT2D eigenvalue weighted by Gasteiger charge is -2.11. The lowest BCUT2D eigenvalue weighted by molar-refractivity contribution is -0.0512. The van der Waals surface area contributed by atoms with Crippen LogP contribution in [0.1, 0.15) is 5.56 Å². The zero-order chi connectivity index (χ0) is 15.9. The van der Waals surface area contributed by atoms with Crippen LogP contribution in [0, 0.1) is 0 Å². The maximum Gasteiger partial charge on any atom is 0.387 e. The number of rotatable bonds is 8. The molecular weight excluding hydrogens is 296 g/mol. The number of nitrogens with zero attached hydrogens (tertiary/aromatic N) is 2. The topological polar surface area (TPSA) is 68.5 Å². The molecule has 1 aromatic heterocycles. The number of ether oxygens (including phenoxy) is 2. The first kappa shape index (κ1) is 16.0. The molecule has 0 bridgehead atoms. The first-order chi connectivity index (χ1) is 10.6. The van der Waals surface area contributed by atoms with Gasteiger partial charge in [-0.25, -0.2) is 0 Å². The predicted molar refractivity (Wildman–Crippen MR) is 76.3 cm³/mol.